The number of aryl methyl sites for hydroxylation is 1. The van der Waals surface area contributed by atoms with E-state index in [9.17, 15) is 4.79 Å². The van der Waals surface area contributed by atoms with Gasteiger partial charge in [-0.2, -0.15) is 0 Å². The van der Waals surface area contributed by atoms with Crippen LogP contribution in [0, 0.1) is 6.92 Å². The zero-order valence-electron chi connectivity index (χ0n) is 9.99. The van der Waals surface area contributed by atoms with Crippen LogP contribution in [0.1, 0.15) is 30.2 Å². The molecule has 1 fully saturated rings. The van der Waals surface area contributed by atoms with Crippen LogP contribution >= 0.6 is 0 Å². The lowest BCUT2D eigenvalue weighted by Gasteiger charge is -2.35. The number of furan rings is 1. The Labute approximate surface area is 95.6 Å². The van der Waals surface area contributed by atoms with Gasteiger partial charge in [-0.15, -0.1) is 0 Å². The number of hydrogen-bond donors (Lipinski definition) is 1. The van der Waals surface area contributed by atoms with E-state index in [1.165, 1.54) is 0 Å². The summed E-state index contributed by atoms with van der Waals surface area (Å²) in [6, 6.07) is 4.24. The van der Waals surface area contributed by atoms with E-state index in [0.717, 1.165) is 18.8 Å². The maximum atomic E-state index is 12.1. The van der Waals surface area contributed by atoms with Crippen LogP contribution in [-0.4, -0.2) is 36.0 Å². The summed E-state index contributed by atoms with van der Waals surface area (Å²) < 4.78 is 5.36. The van der Waals surface area contributed by atoms with Crippen LogP contribution in [0.2, 0.25) is 0 Å². The molecule has 1 aliphatic heterocycles. The van der Waals surface area contributed by atoms with Gasteiger partial charge in [-0.3, -0.25) is 4.79 Å². The van der Waals surface area contributed by atoms with E-state index < -0.39 is 0 Å². The highest BCUT2D eigenvalue weighted by molar-refractivity contribution is 5.91. The molecule has 1 aromatic heterocycles. The van der Waals surface area contributed by atoms with Gasteiger partial charge in [0.2, 0.25) is 0 Å². The van der Waals surface area contributed by atoms with Gasteiger partial charge in [-0.1, -0.05) is 0 Å². The molecule has 1 saturated heterocycles. The molecule has 4 heteroatoms. The van der Waals surface area contributed by atoms with E-state index in [-0.39, 0.29) is 5.91 Å². The summed E-state index contributed by atoms with van der Waals surface area (Å²) >= 11 is 0. The van der Waals surface area contributed by atoms with Crippen LogP contribution in [0.3, 0.4) is 0 Å². The monoisotopic (exact) mass is 222 g/mol. The molecule has 88 valence electrons. The third kappa shape index (κ3) is 2.27. The van der Waals surface area contributed by atoms with Crippen molar-refractivity contribution in [2.75, 3.05) is 13.1 Å². The maximum absolute atomic E-state index is 12.1. The highest BCUT2D eigenvalue weighted by Gasteiger charge is 2.26. The molecule has 2 rings (SSSR count). The molecule has 4 nitrogen and oxygen atoms in total. The van der Waals surface area contributed by atoms with Crippen LogP contribution in [0.5, 0.6) is 0 Å². The van der Waals surface area contributed by atoms with Crippen molar-refractivity contribution in [1.82, 2.24) is 10.2 Å². The lowest BCUT2D eigenvalue weighted by Crippen LogP contribution is -2.55. The van der Waals surface area contributed by atoms with E-state index in [1.807, 2.05) is 17.9 Å². The fourth-order valence-corrected chi connectivity index (χ4v) is 2.20. The Morgan fingerprint density at radius 1 is 1.38 bits per heavy atom. The van der Waals surface area contributed by atoms with Gasteiger partial charge >= 0.3 is 0 Å². The van der Waals surface area contributed by atoms with E-state index >= 15 is 0 Å². The van der Waals surface area contributed by atoms with Gasteiger partial charge in [0.25, 0.3) is 5.91 Å². The number of piperazine rings is 1. The first-order chi connectivity index (χ1) is 7.56. The molecule has 0 bridgehead atoms. The molecule has 2 heterocycles. The van der Waals surface area contributed by atoms with E-state index in [1.54, 1.807) is 6.07 Å². The second-order valence-corrected chi connectivity index (χ2v) is 4.59. The summed E-state index contributed by atoms with van der Waals surface area (Å²) in [4.78, 5) is 14.0. The molecule has 2 unspecified atom stereocenters. The number of rotatable bonds is 1. The van der Waals surface area contributed by atoms with Gasteiger partial charge in [0.1, 0.15) is 5.76 Å². The van der Waals surface area contributed by atoms with Crippen LogP contribution in [0.4, 0.5) is 0 Å². The average molecular weight is 222 g/mol. The van der Waals surface area contributed by atoms with Crippen molar-refractivity contribution in [2.24, 2.45) is 0 Å². The van der Waals surface area contributed by atoms with E-state index in [2.05, 4.69) is 19.2 Å². The van der Waals surface area contributed by atoms with Crippen molar-refractivity contribution < 1.29 is 9.21 Å². The summed E-state index contributed by atoms with van der Waals surface area (Å²) in [6.45, 7) is 7.50. The molecule has 1 aromatic rings. The Hall–Kier alpha value is -1.29. The first-order valence-electron chi connectivity index (χ1n) is 5.68. The summed E-state index contributed by atoms with van der Waals surface area (Å²) in [6.07, 6.45) is 0. The van der Waals surface area contributed by atoms with Crippen LogP contribution in [-0.2, 0) is 0 Å². The predicted octanol–water partition coefficient (Wildman–Crippen LogP) is 1.41. The van der Waals surface area contributed by atoms with Crippen molar-refractivity contribution in [1.29, 1.82) is 0 Å². The Kier molecular flexibility index (Phi) is 3.01. The molecule has 16 heavy (non-hydrogen) atoms. The first-order valence-corrected chi connectivity index (χ1v) is 5.68. The molecule has 0 saturated carbocycles. The molecule has 0 radical (unpaired) electrons. The zero-order valence-corrected chi connectivity index (χ0v) is 9.99. The number of carbonyl (C=O) groups excluding carboxylic acids is 1. The quantitative estimate of drug-likeness (QED) is 0.781. The predicted molar refractivity (Wildman–Crippen MR) is 61.4 cm³/mol. The minimum Gasteiger partial charge on any atom is -0.456 e. The van der Waals surface area contributed by atoms with Crippen molar-refractivity contribution in [3.8, 4) is 0 Å². The van der Waals surface area contributed by atoms with Gasteiger partial charge in [-0.05, 0) is 32.9 Å². The zero-order chi connectivity index (χ0) is 11.7. The molecule has 2 atom stereocenters. The van der Waals surface area contributed by atoms with E-state index in [0.29, 0.717) is 17.8 Å². The number of amides is 1. The second kappa shape index (κ2) is 4.29. The molecule has 1 amide bonds. The number of nitrogens with one attached hydrogen (secondary N) is 1. The lowest BCUT2D eigenvalue weighted by molar-refractivity contribution is 0.0640. The fourth-order valence-electron chi connectivity index (χ4n) is 2.20. The summed E-state index contributed by atoms with van der Waals surface area (Å²) in [7, 11) is 0. The standard InChI is InChI=1S/C12H18N2O2/c1-8-6-14(7-9(2)13-8)12(15)11-5-4-10(3)16-11/h4-5,8-9,13H,6-7H2,1-3H3. The number of hydrogen-bond acceptors (Lipinski definition) is 3. The Bertz CT molecular complexity index is 376. The maximum Gasteiger partial charge on any atom is 0.289 e. The lowest BCUT2D eigenvalue weighted by atomic mass is 10.1. The molecule has 0 spiro atoms. The van der Waals surface area contributed by atoms with Gasteiger partial charge in [0.15, 0.2) is 5.76 Å². The van der Waals surface area contributed by atoms with Gasteiger partial charge in [0.05, 0.1) is 0 Å². The minimum absolute atomic E-state index is 0.00620. The highest BCUT2D eigenvalue weighted by Crippen LogP contribution is 2.12. The summed E-state index contributed by atoms with van der Waals surface area (Å²) in [5, 5.41) is 3.40. The van der Waals surface area contributed by atoms with Crippen molar-refractivity contribution in [3.05, 3.63) is 23.7 Å². The molecular formula is C12H18N2O2. The Morgan fingerprint density at radius 3 is 2.50 bits per heavy atom. The number of carbonyl (C=O) groups is 1. The van der Waals surface area contributed by atoms with Crippen LogP contribution in [0.15, 0.2) is 16.5 Å². The van der Waals surface area contributed by atoms with Crippen LogP contribution in [0.25, 0.3) is 0 Å². The van der Waals surface area contributed by atoms with Gasteiger partial charge in [-0.25, -0.2) is 0 Å². The molecule has 1 N–H and O–H groups in total. The normalized spacial score (nSPS) is 25.8. The third-order valence-electron chi connectivity index (χ3n) is 2.80. The first kappa shape index (κ1) is 11.2. The smallest absolute Gasteiger partial charge is 0.289 e. The highest BCUT2D eigenvalue weighted by atomic mass is 16.3. The third-order valence-corrected chi connectivity index (χ3v) is 2.80. The van der Waals surface area contributed by atoms with Crippen molar-refractivity contribution in [3.63, 3.8) is 0 Å². The SMILES string of the molecule is Cc1ccc(C(=O)N2CC(C)NC(C)C2)o1. The minimum atomic E-state index is -0.00620. The van der Waals surface area contributed by atoms with Crippen molar-refractivity contribution >= 4 is 5.91 Å². The topological polar surface area (TPSA) is 45.5 Å². The molecular weight excluding hydrogens is 204 g/mol. The fraction of sp³-hybridized carbons (Fsp3) is 0.583. The average Bonchev–Trinajstić information content (AvgIpc) is 2.62. The van der Waals surface area contributed by atoms with Crippen LogP contribution < -0.4 is 5.32 Å². The molecule has 0 aliphatic carbocycles. The summed E-state index contributed by atoms with van der Waals surface area (Å²) in [5.74, 6) is 1.21. The Morgan fingerprint density at radius 2 is 2.00 bits per heavy atom. The van der Waals surface area contributed by atoms with E-state index in [4.69, 9.17) is 4.42 Å². The Balaban J connectivity index is 2.09. The summed E-state index contributed by atoms with van der Waals surface area (Å²) in [5.41, 5.74) is 0. The largest absolute Gasteiger partial charge is 0.456 e. The van der Waals surface area contributed by atoms with Gasteiger partial charge in [0, 0.05) is 25.2 Å². The van der Waals surface area contributed by atoms with Gasteiger partial charge < -0.3 is 14.6 Å². The number of nitrogens with zero attached hydrogens (tertiary/aromatic N) is 1. The molecule has 1 aliphatic rings. The second-order valence-electron chi connectivity index (χ2n) is 4.59. The molecule has 0 aromatic carbocycles. The van der Waals surface area contributed by atoms with Crippen molar-refractivity contribution in [2.45, 2.75) is 32.9 Å².